The Morgan fingerprint density at radius 2 is 2.27 bits per heavy atom. The molecule has 1 unspecified atom stereocenters. The largest absolute Gasteiger partial charge is 0.461 e. The van der Waals surface area contributed by atoms with E-state index in [-0.39, 0.29) is 17.4 Å². The number of sulfonamides is 1. The van der Waals surface area contributed by atoms with Gasteiger partial charge in [-0.05, 0) is 19.8 Å². The molecule has 1 aliphatic rings. The highest BCUT2D eigenvalue weighted by Crippen LogP contribution is 2.23. The molecule has 1 aromatic heterocycles. The summed E-state index contributed by atoms with van der Waals surface area (Å²) in [6.45, 7) is 2.26. The molecule has 1 fully saturated rings. The third kappa shape index (κ3) is 3.81. The Bertz CT molecular complexity index is 670. The van der Waals surface area contributed by atoms with E-state index in [9.17, 15) is 18.0 Å². The number of amides is 1. The summed E-state index contributed by atoms with van der Waals surface area (Å²) in [7, 11) is -3.42. The Hall–Kier alpha value is -1.52. The average molecular weight is 347 g/mol. The van der Waals surface area contributed by atoms with Crippen LogP contribution in [0.5, 0.6) is 0 Å². The Morgan fingerprint density at radius 3 is 2.91 bits per heavy atom. The van der Waals surface area contributed by atoms with Gasteiger partial charge in [-0.25, -0.2) is 18.2 Å². The highest BCUT2D eigenvalue weighted by Gasteiger charge is 2.36. The van der Waals surface area contributed by atoms with Gasteiger partial charge in [0.05, 0.1) is 12.9 Å². The average Bonchev–Trinajstić information content (AvgIpc) is 3.06. The summed E-state index contributed by atoms with van der Waals surface area (Å²) in [5.41, 5.74) is 0.119. The highest BCUT2D eigenvalue weighted by atomic mass is 32.2. The number of hydrogen-bond acceptors (Lipinski definition) is 7. The molecule has 0 radical (unpaired) electrons. The third-order valence-electron chi connectivity index (χ3n) is 3.15. The maximum Gasteiger partial charge on any atom is 0.357 e. The molecule has 1 aromatic rings. The quantitative estimate of drug-likeness (QED) is 0.785. The van der Waals surface area contributed by atoms with Crippen molar-refractivity contribution in [1.29, 1.82) is 0 Å². The molecule has 2 rings (SSSR count). The molecule has 8 nitrogen and oxygen atoms in total. The van der Waals surface area contributed by atoms with E-state index >= 15 is 0 Å². The lowest BCUT2D eigenvalue weighted by atomic mass is 10.2. The van der Waals surface area contributed by atoms with Crippen molar-refractivity contribution < 1.29 is 22.7 Å². The fourth-order valence-electron chi connectivity index (χ4n) is 2.22. The van der Waals surface area contributed by atoms with Gasteiger partial charge in [0.2, 0.25) is 15.9 Å². The second-order valence-electron chi connectivity index (χ2n) is 4.78. The van der Waals surface area contributed by atoms with Gasteiger partial charge in [0.25, 0.3) is 0 Å². The summed E-state index contributed by atoms with van der Waals surface area (Å²) in [6, 6.07) is -0.732. The highest BCUT2D eigenvalue weighted by molar-refractivity contribution is 7.88. The Balaban J connectivity index is 2.05. The number of anilines is 1. The van der Waals surface area contributed by atoms with E-state index in [1.54, 1.807) is 6.92 Å². The van der Waals surface area contributed by atoms with Crippen molar-refractivity contribution in [2.45, 2.75) is 25.8 Å². The van der Waals surface area contributed by atoms with E-state index in [1.165, 1.54) is 9.69 Å². The van der Waals surface area contributed by atoms with Crippen LogP contribution in [-0.2, 0) is 19.6 Å². The van der Waals surface area contributed by atoms with E-state index in [2.05, 4.69) is 10.3 Å². The van der Waals surface area contributed by atoms with Crippen LogP contribution >= 0.6 is 11.3 Å². The van der Waals surface area contributed by atoms with Crippen LogP contribution < -0.4 is 5.32 Å². The summed E-state index contributed by atoms with van der Waals surface area (Å²) >= 11 is 1.09. The number of esters is 1. The number of hydrogen-bond donors (Lipinski definition) is 1. The summed E-state index contributed by atoms with van der Waals surface area (Å²) in [5.74, 6) is -0.995. The van der Waals surface area contributed by atoms with E-state index in [0.29, 0.717) is 19.4 Å². The number of ether oxygens (including phenoxy) is 1. The van der Waals surface area contributed by atoms with Crippen LogP contribution in [0.1, 0.15) is 30.3 Å². The predicted octanol–water partition coefficient (Wildman–Crippen LogP) is 0.682. The minimum Gasteiger partial charge on any atom is -0.461 e. The van der Waals surface area contributed by atoms with Gasteiger partial charge < -0.3 is 10.1 Å². The van der Waals surface area contributed by atoms with Crippen molar-refractivity contribution in [3.8, 4) is 0 Å². The smallest absolute Gasteiger partial charge is 0.357 e. The first-order valence-corrected chi connectivity index (χ1v) is 9.46. The Morgan fingerprint density at radius 1 is 1.55 bits per heavy atom. The topological polar surface area (TPSA) is 106 Å². The van der Waals surface area contributed by atoms with E-state index < -0.39 is 27.9 Å². The Kier molecular flexibility index (Phi) is 5.14. The van der Waals surface area contributed by atoms with Gasteiger partial charge in [-0.15, -0.1) is 11.3 Å². The van der Waals surface area contributed by atoms with Gasteiger partial charge in [-0.3, -0.25) is 4.79 Å². The fraction of sp³-hybridized carbons (Fsp3) is 0.583. The molecule has 0 spiro atoms. The molecule has 1 aliphatic heterocycles. The van der Waals surface area contributed by atoms with Gasteiger partial charge in [-0.2, -0.15) is 4.31 Å². The number of thiazole rings is 1. The first-order valence-electron chi connectivity index (χ1n) is 6.73. The number of aromatic nitrogens is 1. The van der Waals surface area contributed by atoms with Crippen LogP contribution in [0.4, 0.5) is 5.13 Å². The van der Waals surface area contributed by atoms with Crippen molar-refractivity contribution in [3.05, 3.63) is 11.1 Å². The van der Waals surface area contributed by atoms with Gasteiger partial charge in [0, 0.05) is 11.9 Å². The number of carbonyl (C=O) groups excluding carboxylic acids is 2. The first-order chi connectivity index (χ1) is 10.3. The molecule has 2 heterocycles. The SMILES string of the molecule is CCOC(=O)c1csc(NC(=O)C2CCCN2S(C)(=O)=O)n1. The van der Waals surface area contributed by atoms with Crippen LogP contribution in [0.2, 0.25) is 0 Å². The molecule has 10 heteroatoms. The lowest BCUT2D eigenvalue weighted by Gasteiger charge is -2.20. The molecule has 22 heavy (non-hydrogen) atoms. The maximum atomic E-state index is 12.2. The van der Waals surface area contributed by atoms with Crippen molar-refractivity contribution in [1.82, 2.24) is 9.29 Å². The second-order valence-corrected chi connectivity index (χ2v) is 7.57. The van der Waals surface area contributed by atoms with Crippen molar-refractivity contribution in [2.24, 2.45) is 0 Å². The minimum absolute atomic E-state index is 0.119. The van der Waals surface area contributed by atoms with Gasteiger partial charge >= 0.3 is 5.97 Å². The number of rotatable bonds is 5. The standard InChI is InChI=1S/C12H17N3O5S2/c1-3-20-11(17)8-7-21-12(13-8)14-10(16)9-5-4-6-15(9)22(2,18)19/h7,9H,3-6H2,1-2H3,(H,13,14,16). The van der Waals surface area contributed by atoms with Crippen LogP contribution in [0.3, 0.4) is 0 Å². The monoisotopic (exact) mass is 347 g/mol. The summed E-state index contributed by atoms with van der Waals surface area (Å²) < 4.78 is 29.3. The first kappa shape index (κ1) is 16.8. The molecule has 122 valence electrons. The molecule has 1 N–H and O–H groups in total. The summed E-state index contributed by atoms with van der Waals surface area (Å²) in [6.07, 6.45) is 2.19. The van der Waals surface area contributed by atoms with Crippen molar-refractivity contribution in [3.63, 3.8) is 0 Å². The normalized spacial score (nSPS) is 19.1. The summed E-state index contributed by atoms with van der Waals surface area (Å²) in [5, 5.41) is 4.28. The molecule has 0 aliphatic carbocycles. The minimum atomic E-state index is -3.42. The van der Waals surface area contributed by atoms with Crippen LogP contribution in [0.15, 0.2) is 5.38 Å². The Labute approximate surface area is 132 Å². The molecule has 0 aromatic carbocycles. The summed E-state index contributed by atoms with van der Waals surface area (Å²) in [4.78, 5) is 27.7. The van der Waals surface area contributed by atoms with E-state index in [0.717, 1.165) is 17.6 Å². The molecule has 1 atom stereocenters. The molecular formula is C12H17N3O5S2. The molecular weight excluding hydrogens is 330 g/mol. The lowest BCUT2D eigenvalue weighted by molar-refractivity contribution is -0.119. The maximum absolute atomic E-state index is 12.2. The fourth-order valence-corrected chi connectivity index (χ4v) is 4.02. The zero-order valence-electron chi connectivity index (χ0n) is 12.2. The lowest BCUT2D eigenvalue weighted by Crippen LogP contribution is -2.42. The van der Waals surface area contributed by atoms with E-state index in [4.69, 9.17) is 4.74 Å². The van der Waals surface area contributed by atoms with Gasteiger partial charge in [0.15, 0.2) is 10.8 Å². The second kappa shape index (κ2) is 6.71. The molecule has 0 saturated carbocycles. The van der Waals surface area contributed by atoms with Crippen LogP contribution in [0.25, 0.3) is 0 Å². The molecule has 1 amide bonds. The van der Waals surface area contributed by atoms with Gasteiger partial charge in [-0.1, -0.05) is 0 Å². The van der Waals surface area contributed by atoms with Gasteiger partial charge in [0.1, 0.15) is 6.04 Å². The van der Waals surface area contributed by atoms with Crippen molar-refractivity contribution >= 4 is 38.4 Å². The third-order valence-corrected chi connectivity index (χ3v) is 5.20. The predicted molar refractivity (Wildman–Crippen MR) is 81.3 cm³/mol. The number of carbonyl (C=O) groups is 2. The zero-order chi connectivity index (χ0) is 16.3. The molecule has 0 bridgehead atoms. The molecule has 1 saturated heterocycles. The van der Waals surface area contributed by atoms with Crippen LogP contribution in [-0.4, -0.2) is 55.0 Å². The number of nitrogens with one attached hydrogen (secondary N) is 1. The van der Waals surface area contributed by atoms with E-state index in [1.807, 2.05) is 0 Å². The van der Waals surface area contributed by atoms with Crippen molar-refractivity contribution in [2.75, 3.05) is 24.7 Å². The van der Waals surface area contributed by atoms with Crippen LogP contribution in [0, 0.1) is 0 Å². The number of nitrogens with zero attached hydrogens (tertiary/aromatic N) is 2. The zero-order valence-corrected chi connectivity index (χ0v) is 13.9.